The normalized spacial score (nSPS) is 27.4. The van der Waals surface area contributed by atoms with Crippen LogP contribution >= 0.6 is 0 Å². The second-order valence-electron chi connectivity index (χ2n) is 5.06. The van der Waals surface area contributed by atoms with Gasteiger partial charge < -0.3 is 5.11 Å². The van der Waals surface area contributed by atoms with Crippen LogP contribution in [0.1, 0.15) is 44.9 Å². The van der Waals surface area contributed by atoms with Crippen molar-refractivity contribution in [2.45, 2.75) is 57.0 Å². The minimum absolute atomic E-state index is 0.00915. The van der Waals surface area contributed by atoms with Crippen molar-refractivity contribution in [3.05, 3.63) is 0 Å². The van der Waals surface area contributed by atoms with Gasteiger partial charge in [0.1, 0.15) is 6.04 Å². The fourth-order valence-electron chi connectivity index (χ4n) is 2.27. The maximum atomic E-state index is 12.2. The summed E-state index contributed by atoms with van der Waals surface area (Å²) in [6.07, 6.45) is 5.55. The lowest BCUT2D eigenvalue weighted by atomic mass is 10.0. The first kappa shape index (κ1) is 13.8. The van der Waals surface area contributed by atoms with Gasteiger partial charge in [-0.1, -0.05) is 19.3 Å². The second-order valence-corrected chi connectivity index (χ2v) is 6.72. The number of nitrogens with one attached hydrogen (secondary N) is 1. The zero-order chi connectivity index (χ0) is 13.2. The van der Waals surface area contributed by atoms with Crippen LogP contribution in [0.15, 0.2) is 0 Å². The van der Waals surface area contributed by atoms with Crippen molar-refractivity contribution in [1.29, 1.82) is 0 Å². The van der Waals surface area contributed by atoms with Gasteiger partial charge in [0.25, 0.3) is 10.2 Å². The Kier molecular flexibility index (Phi) is 4.24. The molecular weight excluding hydrogens is 256 g/mol. The van der Waals surface area contributed by atoms with E-state index in [0.29, 0.717) is 13.0 Å². The van der Waals surface area contributed by atoms with Crippen LogP contribution in [0.25, 0.3) is 0 Å². The molecule has 0 spiro atoms. The van der Waals surface area contributed by atoms with E-state index in [1.165, 1.54) is 0 Å². The molecule has 104 valence electrons. The van der Waals surface area contributed by atoms with E-state index in [4.69, 9.17) is 0 Å². The SMILES string of the molecule is O=C(O)C1CCCCCCN1S(=O)(=O)NC1CC1. The van der Waals surface area contributed by atoms with Gasteiger partial charge in [0, 0.05) is 12.6 Å². The minimum atomic E-state index is -3.65. The highest BCUT2D eigenvalue weighted by Gasteiger charge is 2.37. The first-order valence-electron chi connectivity index (χ1n) is 6.52. The third-order valence-corrected chi connectivity index (χ3v) is 5.13. The van der Waals surface area contributed by atoms with Crippen molar-refractivity contribution >= 4 is 16.2 Å². The Morgan fingerprint density at radius 1 is 1.11 bits per heavy atom. The molecule has 2 fully saturated rings. The summed E-state index contributed by atoms with van der Waals surface area (Å²) >= 11 is 0. The van der Waals surface area contributed by atoms with Gasteiger partial charge in [0.05, 0.1) is 0 Å². The van der Waals surface area contributed by atoms with Crippen LogP contribution in [0.4, 0.5) is 0 Å². The second kappa shape index (κ2) is 5.54. The molecule has 7 heteroatoms. The highest BCUT2D eigenvalue weighted by atomic mass is 32.2. The van der Waals surface area contributed by atoms with Crippen LogP contribution in [0.3, 0.4) is 0 Å². The van der Waals surface area contributed by atoms with Gasteiger partial charge in [-0.3, -0.25) is 4.79 Å². The summed E-state index contributed by atoms with van der Waals surface area (Å²) in [4.78, 5) is 11.2. The standard InChI is InChI=1S/C11H20N2O4S/c14-11(15)10-5-3-1-2-4-8-13(10)18(16,17)12-9-6-7-9/h9-10,12H,1-8H2,(H,14,15). The number of carboxylic acid groups (broad SMARTS) is 1. The number of nitrogens with zero attached hydrogens (tertiary/aromatic N) is 1. The summed E-state index contributed by atoms with van der Waals surface area (Å²) in [7, 11) is -3.65. The number of aliphatic carboxylic acids is 1. The Morgan fingerprint density at radius 3 is 2.39 bits per heavy atom. The third kappa shape index (κ3) is 3.43. The molecule has 2 N–H and O–H groups in total. The van der Waals surface area contributed by atoms with Crippen molar-refractivity contribution in [3.63, 3.8) is 0 Å². The van der Waals surface area contributed by atoms with Crippen LogP contribution < -0.4 is 4.72 Å². The average Bonchev–Trinajstić information content (AvgIpc) is 2.98. The van der Waals surface area contributed by atoms with E-state index in [2.05, 4.69) is 4.72 Å². The highest BCUT2D eigenvalue weighted by Crippen LogP contribution is 2.24. The fraction of sp³-hybridized carbons (Fsp3) is 0.909. The molecule has 1 heterocycles. The lowest BCUT2D eigenvalue weighted by Gasteiger charge is -2.29. The molecule has 0 bridgehead atoms. The molecule has 1 aliphatic carbocycles. The Hall–Kier alpha value is -0.660. The maximum Gasteiger partial charge on any atom is 0.322 e. The molecular formula is C11H20N2O4S. The van der Waals surface area contributed by atoms with Crippen LogP contribution in [-0.2, 0) is 15.0 Å². The Labute approximate surface area is 108 Å². The van der Waals surface area contributed by atoms with E-state index >= 15 is 0 Å². The van der Waals surface area contributed by atoms with Gasteiger partial charge in [-0.05, 0) is 25.7 Å². The van der Waals surface area contributed by atoms with Crippen molar-refractivity contribution in [2.75, 3.05) is 6.54 Å². The van der Waals surface area contributed by atoms with E-state index in [1.54, 1.807) is 0 Å². The molecule has 1 saturated heterocycles. The molecule has 18 heavy (non-hydrogen) atoms. The smallest absolute Gasteiger partial charge is 0.322 e. The number of hydrogen-bond acceptors (Lipinski definition) is 3. The molecule has 0 amide bonds. The largest absolute Gasteiger partial charge is 0.480 e. The topological polar surface area (TPSA) is 86.7 Å². The quantitative estimate of drug-likeness (QED) is 0.791. The first-order valence-corrected chi connectivity index (χ1v) is 7.96. The highest BCUT2D eigenvalue weighted by molar-refractivity contribution is 7.87. The summed E-state index contributed by atoms with van der Waals surface area (Å²) < 4.78 is 28.0. The van der Waals surface area contributed by atoms with Crippen LogP contribution in [0.5, 0.6) is 0 Å². The summed E-state index contributed by atoms with van der Waals surface area (Å²) in [6.45, 7) is 0.305. The summed E-state index contributed by atoms with van der Waals surface area (Å²) in [6, 6.07) is -0.906. The molecule has 0 aromatic heterocycles. The Morgan fingerprint density at radius 2 is 1.78 bits per heavy atom. The van der Waals surface area contributed by atoms with Gasteiger partial charge in [0.15, 0.2) is 0 Å². The molecule has 1 unspecified atom stereocenters. The predicted octanol–water partition coefficient (Wildman–Crippen LogP) is 0.703. The zero-order valence-corrected chi connectivity index (χ0v) is 11.2. The van der Waals surface area contributed by atoms with Crippen molar-refractivity contribution in [1.82, 2.24) is 9.03 Å². The van der Waals surface area contributed by atoms with E-state index in [9.17, 15) is 18.3 Å². The van der Waals surface area contributed by atoms with Gasteiger partial charge >= 0.3 is 5.97 Å². The maximum absolute atomic E-state index is 12.2. The third-order valence-electron chi connectivity index (χ3n) is 3.44. The van der Waals surface area contributed by atoms with Crippen LogP contribution in [-0.4, -0.2) is 42.4 Å². The predicted molar refractivity (Wildman–Crippen MR) is 66.3 cm³/mol. The molecule has 1 atom stereocenters. The summed E-state index contributed by atoms with van der Waals surface area (Å²) in [5.41, 5.74) is 0. The summed E-state index contributed by atoms with van der Waals surface area (Å²) in [5.74, 6) is -1.04. The van der Waals surface area contributed by atoms with E-state index in [0.717, 1.165) is 42.8 Å². The molecule has 6 nitrogen and oxygen atoms in total. The Bertz CT molecular complexity index is 405. The molecule has 0 aromatic rings. The Balaban J connectivity index is 2.14. The van der Waals surface area contributed by atoms with Crippen molar-refractivity contribution in [2.24, 2.45) is 0 Å². The molecule has 0 aromatic carbocycles. The van der Waals surface area contributed by atoms with Crippen molar-refractivity contribution < 1.29 is 18.3 Å². The molecule has 2 rings (SSSR count). The molecule has 1 saturated carbocycles. The molecule has 2 aliphatic rings. The molecule has 0 radical (unpaired) electrons. The van der Waals surface area contributed by atoms with Crippen LogP contribution in [0, 0.1) is 0 Å². The van der Waals surface area contributed by atoms with Crippen LogP contribution in [0.2, 0.25) is 0 Å². The van der Waals surface area contributed by atoms with Gasteiger partial charge in [-0.2, -0.15) is 17.4 Å². The average molecular weight is 276 g/mol. The van der Waals surface area contributed by atoms with Gasteiger partial charge in [-0.15, -0.1) is 0 Å². The number of rotatable bonds is 4. The van der Waals surface area contributed by atoms with E-state index < -0.39 is 22.2 Å². The first-order chi connectivity index (χ1) is 8.50. The lowest BCUT2D eigenvalue weighted by molar-refractivity contribution is -0.141. The van der Waals surface area contributed by atoms with E-state index in [-0.39, 0.29) is 6.04 Å². The summed E-state index contributed by atoms with van der Waals surface area (Å²) in [5, 5.41) is 9.20. The number of carboxylic acids is 1. The monoisotopic (exact) mass is 276 g/mol. The lowest BCUT2D eigenvalue weighted by Crippen LogP contribution is -2.51. The van der Waals surface area contributed by atoms with Gasteiger partial charge in [0.2, 0.25) is 0 Å². The fourth-order valence-corrected chi connectivity index (χ4v) is 3.96. The zero-order valence-electron chi connectivity index (χ0n) is 10.3. The number of hydrogen-bond donors (Lipinski definition) is 2. The van der Waals surface area contributed by atoms with Crippen molar-refractivity contribution in [3.8, 4) is 0 Å². The number of carbonyl (C=O) groups is 1. The molecule has 1 aliphatic heterocycles. The minimum Gasteiger partial charge on any atom is -0.480 e. The van der Waals surface area contributed by atoms with E-state index in [1.807, 2.05) is 0 Å². The van der Waals surface area contributed by atoms with Gasteiger partial charge in [-0.25, -0.2) is 0 Å².